The SMILES string of the molecule is CN(C(=O)c1n[nH]c2ccc(Br)cc12)C1CC2CCC(C1)N2.Cl. The summed E-state index contributed by atoms with van der Waals surface area (Å²) in [7, 11) is 1.91. The van der Waals surface area contributed by atoms with E-state index in [1.165, 1.54) is 12.8 Å². The first kappa shape index (κ1) is 16.7. The zero-order valence-corrected chi connectivity index (χ0v) is 15.3. The molecule has 1 aromatic heterocycles. The smallest absolute Gasteiger partial charge is 0.274 e. The van der Waals surface area contributed by atoms with Crippen molar-refractivity contribution in [3.05, 3.63) is 28.4 Å². The average Bonchev–Trinajstić information content (AvgIpc) is 3.08. The van der Waals surface area contributed by atoms with Crippen LogP contribution in [-0.4, -0.2) is 46.2 Å². The second-order valence-corrected chi connectivity index (χ2v) is 7.36. The Hall–Kier alpha value is -1.11. The molecule has 0 spiro atoms. The zero-order valence-electron chi connectivity index (χ0n) is 12.9. The van der Waals surface area contributed by atoms with Crippen molar-refractivity contribution in [2.45, 2.75) is 43.8 Å². The van der Waals surface area contributed by atoms with E-state index >= 15 is 0 Å². The normalized spacial score (nSPS) is 26.1. The lowest BCUT2D eigenvalue weighted by molar-refractivity contribution is 0.0677. The summed E-state index contributed by atoms with van der Waals surface area (Å²) in [5, 5.41) is 11.7. The molecule has 7 heteroatoms. The van der Waals surface area contributed by atoms with E-state index in [1.807, 2.05) is 30.1 Å². The number of nitrogens with one attached hydrogen (secondary N) is 2. The van der Waals surface area contributed by atoms with Gasteiger partial charge >= 0.3 is 0 Å². The molecular formula is C16H20BrClN4O. The molecular weight excluding hydrogens is 380 g/mol. The molecule has 2 aromatic rings. The van der Waals surface area contributed by atoms with E-state index in [0.717, 1.165) is 28.2 Å². The highest BCUT2D eigenvalue weighted by Crippen LogP contribution is 2.30. The highest BCUT2D eigenvalue weighted by atomic mass is 79.9. The highest BCUT2D eigenvalue weighted by molar-refractivity contribution is 9.10. The predicted octanol–water partition coefficient (Wildman–Crippen LogP) is 3.10. The molecule has 4 rings (SSSR count). The van der Waals surface area contributed by atoms with Crippen molar-refractivity contribution in [3.63, 3.8) is 0 Å². The third-order valence-corrected chi connectivity index (χ3v) is 5.54. The van der Waals surface area contributed by atoms with E-state index in [9.17, 15) is 4.79 Å². The number of aromatic nitrogens is 2. The largest absolute Gasteiger partial charge is 0.337 e. The van der Waals surface area contributed by atoms with Gasteiger partial charge in [0, 0.05) is 35.0 Å². The Morgan fingerprint density at radius 1 is 1.30 bits per heavy atom. The van der Waals surface area contributed by atoms with Crippen LogP contribution < -0.4 is 5.32 Å². The molecule has 1 amide bonds. The maximum absolute atomic E-state index is 12.9. The molecule has 5 nitrogen and oxygen atoms in total. The number of hydrogen-bond acceptors (Lipinski definition) is 3. The van der Waals surface area contributed by atoms with Crippen LogP contribution in [0.4, 0.5) is 0 Å². The monoisotopic (exact) mass is 398 g/mol. The van der Waals surface area contributed by atoms with Crippen LogP contribution in [-0.2, 0) is 0 Å². The summed E-state index contributed by atoms with van der Waals surface area (Å²) in [6.45, 7) is 0. The molecule has 3 heterocycles. The molecule has 2 aliphatic rings. The van der Waals surface area contributed by atoms with Gasteiger partial charge in [-0.2, -0.15) is 5.10 Å². The molecule has 2 aliphatic heterocycles. The first-order chi connectivity index (χ1) is 10.6. The topological polar surface area (TPSA) is 61.0 Å². The number of carbonyl (C=O) groups excluding carboxylic acids is 1. The van der Waals surface area contributed by atoms with Crippen LogP contribution in [0, 0.1) is 0 Å². The lowest BCUT2D eigenvalue weighted by Crippen LogP contribution is -2.48. The van der Waals surface area contributed by atoms with Gasteiger partial charge in [0.2, 0.25) is 0 Å². The van der Waals surface area contributed by atoms with Gasteiger partial charge in [-0.15, -0.1) is 12.4 Å². The number of piperidine rings is 1. The van der Waals surface area contributed by atoms with Gasteiger partial charge in [-0.1, -0.05) is 15.9 Å². The van der Waals surface area contributed by atoms with Crippen molar-refractivity contribution in [3.8, 4) is 0 Å². The van der Waals surface area contributed by atoms with Gasteiger partial charge in [-0.25, -0.2) is 0 Å². The number of aromatic amines is 1. The van der Waals surface area contributed by atoms with Crippen molar-refractivity contribution < 1.29 is 4.79 Å². The molecule has 124 valence electrons. The molecule has 23 heavy (non-hydrogen) atoms. The highest BCUT2D eigenvalue weighted by Gasteiger charge is 2.37. The number of rotatable bonds is 2. The molecule has 2 saturated heterocycles. The van der Waals surface area contributed by atoms with E-state index in [2.05, 4.69) is 31.4 Å². The Morgan fingerprint density at radius 3 is 2.70 bits per heavy atom. The Bertz CT molecular complexity index is 722. The lowest BCUT2D eigenvalue weighted by atomic mass is 9.98. The van der Waals surface area contributed by atoms with Crippen LogP contribution in [0.2, 0.25) is 0 Å². The summed E-state index contributed by atoms with van der Waals surface area (Å²) in [5.41, 5.74) is 1.41. The summed E-state index contributed by atoms with van der Waals surface area (Å²) in [5.74, 6) is 0.00986. The van der Waals surface area contributed by atoms with Crippen LogP contribution in [0.3, 0.4) is 0 Å². The van der Waals surface area contributed by atoms with Gasteiger partial charge in [0.05, 0.1) is 5.52 Å². The minimum atomic E-state index is 0. The quantitative estimate of drug-likeness (QED) is 0.816. The van der Waals surface area contributed by atoms with Crippen molar-refractivity contribution in [1.29, 1.82) is 0 Å². The fourth-order valence-electron chi connectivity index (χ4n) is 3.83. The molecule has 2 fully saturated rings. The zero-order chi connectivity index (χ0) is 15.3. The van der Waals surface area contributed by atoms with E-state index in [4.69, 9.17) is 0 Å². The summed E-state index contributed by atoms with van der Waals surface area (Å²) in [4.78, 5) is 14.8. The second-order valence-electron chi connectivity index (χ2n) is 6.44. The van der Waals surface area contributed by atoms with Gasteiger partial charge in [0.25, 0.3) is 5.91 Å². The number of benzene rings is 1. The first-order valence-electron chi connectivity index (χ1n) is 7.78. The summed E-state index contributed by atoms with van der Waals surface area (Å²) < 4.78 is 0.956. The van der Waals surface area contributed by atoms with E-state index in [1.54, 1.807) is 0 Å². The van der Waals surface area contributed by atoms with Gasteiger partial charge < -0.3 is 10.2 Å². The summed E-state index contributed by atoms with van der Waals surface area (Å²) >= 11 is 3.46. The average molecular weight is 400 g/mol. The Morgan fingerprint density at radius 2 is 2.00 bits per heavy atom. The standard InChI is InChI=1S/C16H19BrN4O.ClH/c1-21(12-7-10-3-4-11(8-12)18-10)16(22)15-13-6-9(17)2-5-14(13)19-20-15;/h2,5-6,10-12,18H,3-4,7-8H2,1H3,(H,19,20);1H. The third-order valence-electron chi connectivity index (χ3n) is 5.04. The minimum absolute atomic E-state index is 0. The fourth-order valence-corrected chi connectivity index (χ4v) is 4.19. The summed E-state index contributed by atoms with van der Waals surface area (Å²) in [6, 6.07) is 7.29. The molecule has 0 radical (unpaired) electrons. The fraction of sp³-hybridized carbons (Fsp3) is 0.500. The Kier molecular flexibility index (Phi) is 4.67. The van der Waals surface area contributed by atoms with Gasteiger partial charge in [0.1, 0.15) is 0 Å². The predicted molar refractivity (Wildman–Crippen MR) is 96.1 cm³/mol. The third kappa shape index (κ3) is 2.99. The first-order valence-corrected chi connectivity index (χ1v) is 8.58. The second kappa shape index (κ2) is 6.42. The lowest BCUT2D eigenvalue weighted by Gasteiger charge is -2.35. The van der Waals surface area contributed by atoms with Gasteiger partial charge in [-0.3, -0.25) is 9.89 Å². The Labute approximate surface area is 149 Å². The van der Waals surface area contributed by atoms with Crippen molar-refractivity contribution in [2.24, 2.45) is 0 Å². The molecule has 2 bridgehead atoms. The molecule has 2 unspecified atom stereocenters. The molecule has 0 saturated carbocycles. The minimum Gasteiger partial charge on any atom is -0.337 e. The summed E-state index contributed by atoms with van der Waals surface area (Å²) in [6.07, 6.45) is 4.57. The maximum Gasteiger partial charge on any atom is 0.274 e. The van der Waals surface area contributed by atoms with Crippen LogP contribution in [0.25, 0.3) is 10.9 Å². The molecule has 2 N–H and O–H groups in total. The van der Waals surface area contributed by atoms with Gasteiger partial charge in [0.15, 0.2) is 5.69 Å². The van der Waals surface area contributed by atoms with E-state index < -0.39 is 0 Å². The molecule has 1 aromatic carbocycles. The number of H-pyrrole nitrogens is 1. The Balaban J connectivity index is 0.00000156. The van der Waals surface area contributed by atoms with Crippen LogP contribution >= 0.6 is 28.3 Å². The van der Waals surface area contributed by atoms with Crippen LogP contribution in [0.5, 0.6) is 0 Å². The number of hydrogen-bond donors (Lipinski definition) is 2. The maximum atomic E-state index is 12.9. The van der Waals surface area contributed by atoms with Crippen LogP contribution in [0.1, 0.15) is 36.2 Å². The van der Waals surface area contributed by atoms with Crippen molar-refractivity contribution in [2.75, 3.05) is 7.05 Å². The number of amides is 1. The van der Waals surface area contributed by atoms with Crippen LogP contribution in [0.15, 0.2) is 22.7 Å². The number of fused-ring (bicyclic) bond motifs is 3. The molecule has 2 atom stereocenters. The number of nitrogens with zero attached hydrogens (tertiary/aromatic N) is 2. The van der Waals surface area contributed by atoms with Crippen molar-refractivity contribution >= 4 is 45.1 Å². The molecule has 0 aliphatic carbocycles. The van der Waals surface area contributed by atoms with E-state index in [-0.39, 0.29) is 18.3 Å². The number of halogens is 2. The van der Waals surface area contributed by atoms with E-state index in [0.29, 0.717) is 23.8 Å². The van der Waals surface area contributed by atoms with Gasteiger partial charge in [-0.05, 0) is 43.9 Å². The van der Waals surface area contributed by atoms with Crippen molar-refractivity contribution in [1.82, 2.24) is 20.4 Å². The number of carbonyl (C=O) groups is 1.